The van der Waals surface area contributed by atoms with E-state index < -0.39 is 11.8 Å². The molecular weight excluding hydrogens is 263 g/mol. The molecule has 1 heterocycles. The van der Waals surface area contributed by atoms with Crippen molar-refractivity contribution in [3.63, 3.8) is 0 Å². The summed E-state index contributed by atoms with van der Waals surface area (Å²) in [5.74, 6) is -0.837. The number of benzene rings is 1. The fourth-order valence-electron chi connectivity index (χ4n) is 2.67. The third-order valence-corrected chi connectivity index (χ3v) is 3.63. The fourth-order valence-corrected chi connectivity index (χ4v) is 2.67. The summed E-state index contributed by atoms with van der Waals surface area (Å²) in [5.41, 5.74) is 0.155. The van der Waals surface area contributed by atoms with E-state index in [1.165, 1.54) is 10.7 Å². The fraction of sp³-hybridized carbons (Fsp3) is 0.385. The lowest BCUT2D eigenvalue weighted by atomic mass is 10.1. The van der Waals surface area contributed by atoms with Crippen molar-refractivity contribution in [1.82, 2.24) is 20.2 Å². The minimum atomic E-state index is -1.13. The Morgan fingerprint density at radius 2 is 2.10 bits per heavy atom. The van der Waals surface area contributed by atoms with Crippen LogP contribution in [0.5, 0.6) is 0 Å². The zero-order chi connectivity index (χ0) is 14.1. The van der Waals surface area contributed by atoms with Crippen molar-refractivity contribution in [2.75, 3.05) is 0 Å². The van der Waals surface area contributed by atoms with E-state index in [1.807, 2.05) is 0 Å². The van der Waals surface area contributed by atoms with Gasteiger partial charge in [0.1, 0.15) is 5.82 Å². The number of carbonyl (C=O) groups is 1. The smallest absolute Gasteiger partial charge is 0.337 e. The summed E-state index contributed by atoms with van der Waals surface area (Å²) in [4.78, 5) is 11.3. The van der Waals surface area contributed by atoms with Crippen LogP contribution in [-0.4, -0.2) is 31.3 Å². The first-order valence-electron chi connectivity index (χ1n) is 6.48. The Hall–Kier alpha value is -2.31. The summed E-state index contributed by atoms with van der Waals surface area (Å²) in [5, 5.41) is 20.7. The van der Waals surface area contributed by atoms with Crippen LogP contribution in [0.25, 0.3) is 5.69 Å². The number of carboxylic acids is 1. The largest absolute Gasteiger partial charge is 0.478 e. The summed E-state index contributed by atoms with van der Waals surface area (Å²) in [6, 6.07) is 3.50. The SMILES string of the molecule is O=C(O)c1ccc(F)cc1-n1nnnc1C1CCCC1. The molecule has 0 spiro atoms. The Morgan fingerprint density at radius 3 is 2.80 bits per heavy atom. The molecule has 1 aromatic carbocycles. The molecule has 6 nitrogen and oxygen atoms in total. The molecular formula is C13H13FN4O2. The van der Waals surface area contributed by atoms with Crippen LogP contribution in [0.15, 0.2) is 18.2 Å². The highest BCUT2D eigenvalue weighted by molar-refractivity contribution is 5.91. The van der Waals surface area contributed by atoms with Crippen LogP contribution in [0.1, 0.15) is 47.8 Å². The molecule has 0 atom stereocenters. The molecule has 1 N–H and O–H groups in total. The van der Waals surface area contributed by atoms with Gasteiger partial charge in [-0.1, -0.05) is 12.8 Å². The second-order valence-corrected chi connectivity index (χ2v) is 4.90. The highest BCUT2D eigenvalue weighted by Crippen LogP contribution is 2.33. The van der Waals surface area contributed by atoms with Crippen molar-refractivity contribution in [2.45, 2.75) is 31.6 Å². The number of carboxylic acid groups (broad SMARTS) is 1. The first kappa shape index (κ1) is 12.7. The molecule has 1 saturated carbocycles. The molecule has 0 radical (unpaired) electrons. The van der Waals surface area contributed by atoms with Gasteiger partial charge in [-0.15, -0.1) is 5.10 Å². The van der Waals surface area contributed by atoms with Crippen molar-refractivity contribution in [1.29, 1.82) is 0 Å². The zero-order valence-electron chi connectivity index (χ0n) is 10.7. The average molecular weight is 276 g/mol. The summed E-state index contributed by atoms with van der Waals surface area (Å²) in [6.45, 7) is 0. The molecule has 20 heavy (non-hydrogen) atoms. The van der Waals surface area contributed by atoms with E-state index in [4.69, 9.17) is 0 Å². The molecule has 1 aromatic heterocycles. The summed E-state index contributed by atoms with van der Waals surface area (Å²) in [6.07, 6.45) is 4.15. The molecule has 0 bridgehead atoms. The van der Waals surface area contributed by atoms with E-state index in [-0.39, 0.29) is 17.2 Å². The number of aromatic nitrogens is 4. The predicted molar refractivity (Wildman–Crippen MR) is 67.3 cm³/mol. The lowest BCUT2D eigenvalue weighted by molar-refractivity contribution is 0.0696. The van der Waals surface area contributed by atoms with Crippen molar-refractivity contribution < 1.29 is 14.3 Å². The first-order chi connectivity index (χ1) is 9.66. The van der Waals surface area contributed by atoms with Crippen LogP contribution in [0.4, 0.5) is 4.39 Å². The first-order valence-corrected chi connectivity index (χ1v) is 6.48. The van der Waals surface area contributed by atoms with E-state index in [9.17, 15) is 14.3 Å². The highest BCUT2D eigenvalue weighted by atomic mass is 19.1. The molecule has 0 saturated heterocycles. The van der Waals surface area contributed by atoms with Gasteiger partial charge in [-0.05, 0) is 35.4 Å². The average Bonchev–Trinajstić information content (AvgIpc) is 3.09. The standard InChI is InChI=1S/C13H13FN4O2/c14-9-5-6-10(13(19)20)11(7-9)18-12(15-16-17-18)8-3-1-2-4-8/h5-8H,1-4H2,(H,19,20). The second-order valence-electron chi connectivity index (χ2n) is 4.90. The van der Waals surface area contributed by atoms with Gasteiger partial charge in [-0.3, -0.25) is 0 Å². The van der Waals surface area contributed by atoms with Gasteiger partial charge in [0.25, 0.3) is 0 Å². The van der Waals surface area contributed by atoms with Gasteiger partial charge >= 0.3 is 5.97 Å². The molecule has 0 unspecified atom stereocenters. The third-order valence-electron chi connectivity index (χ3n) is 3.63. The molecule has 3 rings (SSSR count). The lowest BCUT2D eigenvalue weighted by Gasteiger charge is -2.11. The Morgan fingerprint density at radius 1 is 1.35 bits per heavy atom. The van der Waals surface area contributed by atoms with Gasteiger partial charge in [-0.25, -0.2) is 9.18 Å². The van der Waals surface area contributed by atoms with Crippen molar-refractivity contribution in [3.8, 4) is 5.69 Å². The number of aromatic carboxylic acids is 1. The van der Waals surface area contributed by atoms with E-state index >= 15 is 0 Å². The lowest BCUT2D eigenvalue weighted by Crippen LogP contribution is -2.12. The maximum absolute atomic E-state index is 13.4. The monoisotopic (exact) mass is 276 g/mol. The highest BCUT2D eigenvalue weighted by Gasteiger charge is 2.25. The zero-order valence-corrected chi connectivity index (χ0v) is 10.7. The van der Waals surface area contributed by atoms with E-state index in [0.717, 1.165) is 37.8 Å². The summed E-state index contributed by atoms with van der Waals surface area (Å²) < 4.78 is 14.8. The van der Waals surface area contributed by atoms with Crippen molar-refractivity contribution >= 4 is 5.97 Å². The van der Waals surface area contributed by atoms with Gasteiger partial charge in [0, 0.05) is 12.0 Å². The summed E-state index contributed by atoms with van der Waals surface area (Å²) >= 11 is 0. The number of hydrogen-bond donors (Lipinski definition) is 1. The van der Waals surface area contributed by atoms with Gasteiger partial charge in [0.2, 0.25) is 0 Å². The number of tetrazole rings is 1. The summed E-state index contributed by atoms with van der Waals surface area (Å²) in [7, 11) is 0. The minimum Gasteiger partial charge on any atom is -0.478 e. The Balaban J connectivity index is 2.11. The molecule has 1 aliphatic rings. The quantitative estimate of drug-likeness (QED) is 0.929. The molecule has 104 valence electrons. The molecule has 0 aliphatic heterocycles. The normalized spacial score (nSPS) is 15.7. The van der Waals surface area contributed by atoms with Gasteiger partial charge < -0.3 is 5.11 Å². The minimum absolute atomic E-state index is 0.0158. The third kappa shape index (κ3) is 2.15. The number of nitrogens with zero attached hydrogens (tertiary/aromatic N) is 4. The van der Waals surface area contributed by atoms with Crippen LogP contribution >= 0.6 is 0 Å². The van der Waals surface area contributed by atoms with Crippen LogP contribution in [-0.2, 0) is 0 Å². The Bertz CT molecular complexity index is 650. The van der Waals surface area contributed by atoms with Crippen LogP contribution < -0.4 is 0 Å². The van der Waals surface area contributed by atoms with Crippen LogP contribution in [0.2, 0.25) is 0 Å². The van der Waals surface area contributed by atoms with Crippen molar-refractivity contribution in [3.05, 3.63) is 35.4 Å². The number of rotatable bonds is 3. The second kappa shape index (κ2) is 4.99. The Kier molecular flexibility index (Phi) is 3.17. The van der Waals surface area contributed by atoms with E-state index in [1.54, 1.807) is 0 Å². The maximum atomic E-state index is 13.4. The van der Waals surface area contributed by atoms with Crippen LogP contribution in [0.3, 0.4) is 0 Å². The van der Waals surface area contributed by atoms with Gasteiger partial charge in [-0.2, -0.15) is 4.68 Å². The number of halogens is 1. The maximum Gasteiger partial charge on any atom is 0.337 e. The predicted octanol–water partition coefficient (Wildman–Crippen LogP) is 2.16. The molecule has 0 amide bonds. The van der Waals surface area contributed by atoms with Crippen molar-refractivity contribution in [2.24, 2.45) is 0 Å². The Labute approximate surface area is 114 Å². The van der Waals surface area contributed by atoms with E-state index in [0.29, 0.717) is 5.82 Å². The molecule has 7 heteroatoms. The van der Waals surface area contributed by atoms with Gasteiger partial charge in [0.05, 0.1) is 11.3 Å². The topological polar surface area (TPSA) is 80.9 Å². The molecule has 1 aliphatic carbocycles. The van der Waals surface area contributed by atoms with E-state index in [2.05, 4.69) is 15.5 Å². The molecule has 1 fully saturated rings. The van der Waals surface area contributed by atoms with Crippen LogP contribution in [0, 0.1) is 5.82 Å². The molecule has 2 aromatic rings. The number of hydrogen-bond acceptors (Lipinski definition) is 4. The van der Waals surface area contributed by atoms with Gasteiger partial charge in [0.15, 0.2) is 5.82 Å².